The van der Waals surface area contributed by atoms with E-state index in [9.17, 15) is 9.59 Å². The highest BCUT2D eigenvalue weighted by molar-refractivity contribution is 5.98. The van der Waals surface area contributed by atoms with Crippen LogP contribution in [0.2, 0.25) is 0 Å². The molecule has 0 radical (unpaired) electrons. The molecule has 1 saturated heterocycles. The Morgan fingerprint density at radius 1 is 1.04 bits per heavy atom. The summed E-state index contributed by atoms with van der Waals surface area (Å²) >= 11 is 0. The fourth-order valence-corrected chi connectivity index (χ4v) is 2.95. The van der Waals surface area contributed by atoms with Gasteiger partial charge in [-0.3, -0.25) is 14.6 Å². The lowest BCUT2D eigenvalue weighted by Crippen LogP contribution is -2.39. The van der Waals surface area contributed by atoms with Crippen molar-refractivity contribution in [1.82, 2.24) is 9.88 Å². The molecule has 1 fully saturated rings. The summed E-state index contributed by atoms with van der Waals surface area (Å²) in [6.07, 6.45) is 8.22. The summed E-state index contributed by atoms with van der Waals surface area (Å²) in [6, 6.07) is 13.1. The van der Waals surface area contributed by atoms with Gasteiger partial charge in [0.25, 0.3) is 0 Å². The number of hydrogen-bond acceptors (Lipinski definition) is 3. The molecule has 1 aromatic carbocycles. The molecule has 1 amide bonds. The van der Waals surface area contributed by atoms with Gasteiger partial charge in [-0.2, -0.15) is 0 Å². The SMILES string of the molecule is O=C(c1ccccc1)C1CCN(C(=O)/C=C/c2cccnc2)CC1. The van der Waals surface area contributed by atoms with E-state index in [4.69, 9.17) is 0 Å². The average molecular weight is 320 g/mol. The summed E-state index contributed by atoms with van der Waals surface area (Å²) in [5.74, 6) is 0.191. The Balaban J connectivity index is 1.54. The van der Waals surface area contributed by atoms with E-state index in [0.29, 0.717) is 13.1 Å². The van der Waals surface area contributed by atoms with Crippen LogP contribution < -0.4 is 0 Å². The van der Waals surface area contributed by atoms with E-state index in [-0.39, 0.29) is 17.6 Å². The zero-order chi connectivity index (χ0) is 16.8. The Hall–Kier alpha value is -2.75. The number of rotatable bonds is 4. The maximum Gasteiger partial charge on any atom is 0.246 e. The van der Waals surface area contributed by atoms with Gasteiger partial charge in [0, 0.05) is 43.0 Å². The first kappa shape index (κ1) is 16.1. The van der Waals surface area contributed by atoms with Crippen molar-refractivity contribution >= 4 is 17.8 Å². The molecule has 0 aliphatic carbocycles. The Labute approximate surface area is 141 Å². The van der Waals surface area contributed by atoms with E-state index < -0.39 is 0 Å². The zero-order valence-corrected chi connectivity index (χ0v) is 13.5. The van der Waals surface area contributed by atoms with Gasteiger partial charge in [0.15, 0.2) is 5.78 Å². The summed E-state index contributed by atoms with van der Waals surface area (Å²) < 4.78 is 0. The standard InChI is InChI=1S/C20H20N2O2/c23-19(9-8-16-5-4-12-21-15-16)22-13-10-18(11-14-22)20(24)17-6-2-1-3-7-17/h1-9,12,15,18H,10-11,13-14H2/b9-8+. The quantitative estimate of drug-likeness (QED) is 0.642. The van der Waals surface area contributed by atoms with Gasteiger partial charge in [0.1, 0.15) is 0 Å². The molecule has 24 heavy (non-hydrogen) atoms. The van der Waals surface area contributed by atoms with E-state index in [1.807, 2.05) is 47.4 Å². The number of ketones is 1. The minimum atomic E-state index is -0.00976. The van der Waals surface area contributed by atoms with Crippen molar-refractivity contribution in [3.8, 4) is 0 Å². The number of hydrogen-bond donors (Lipinski definition) is 0. The number of pyridine rings is 1. The second kappa shape index (κ2) is 7.68. The molecule has 3 rings (SSSR count). The third-order valence-electron chi connectivity index (χ3n) is 4.34. The molecular formula is C20H20N2O2. The van der Waals surface area contributed by atoms with Crippen molar-refractivity contribution < 1.29 is 9.59 Å². The molecule has 4 nitrogen and oxygen atoms in total. The summed E-state index contributed by atoms with van der Waals surface area (Å²) in [5.41, 5.74) is 1.67. The van der Waals surface area contributed by atoms with Gasteiger partial charge in [-0.25, -0.2) is 0 Å². The molecule has 2 aromatic rings. The van der Waals surface area contributed by atoms with Crippen LogP contribution in [0.25, 0.3) is 6.08 Å². The normalized spacial score (nSPS) is 15.6. The molecule has 2 heterocycles. The van der Waals surface area contributed by atoms with Crippen molar-refractivity contribution in [3.05, 3.63) is 72.1 Å². The van der Waals surface area contributed by atoms with Crippen molar-refractivity contribution in [2.45, 2.75) is 12.8 Å². The van der Waals surface area contributed by atoms with Crippen LogP contribution in [0.5, 0.6) is 0 Å². The second-order valence-electron chi connectivity index (χ2n) is 5.95. The zero-order valence-electron chi connectivity index (χ0n) is 13.5. The van der Waals surface area contributed by atoms with E-state index in [1.54, 1.807) is 24.5 Å². The average Bonchev–Trinajstić information content (AvgIpc) is 2.67. The molecule has 0 N–H and O–H groups in total. The lowest BCUT2D eigenvalue weighted by Gasteiger charge is -2.30. The van der Waals surface area contributed by atoms with Crippen molar-refractivity contribution in [1.29, 1.82) is 0 Å². The van der Waals surface area contributed by atoms with Crippen LogP contribution in [-0.2, 0) is 4.79 Å². The maximum atomic E-state index is 12.5. The van der Waals surface area contributed by atoms with Gasteiger partial charge in [-0.05, 0) is 30.5 Å². The molecule has 1 aromatic heterocycles. The molecule has 0 saturated carbocycles. The van der Waals surface area contributed by atoms with Gasteiger partial charge in [-0.1, -0.05) is 36.4 Å². The number of amides is 1. The number of likely N-dealkylation sites (tertiary alicyclic amines) is 1. The Kier molecular flexibility index (Phi) is 5.16. The number of carbonyl (C=O) groups is 2. The first-order valence-corrected chi connectivity index (χ1v) is 8.20. The number of Topliss-reactive ketones (excluding diaryl/α,β-unsaturated/α-hetero) is 1. The molecule has 1 aliphatic heterocycles. The van der Waals surface area contributed by atoms with Crippen LogP contribution in [0.1, 0.15) is 28.8 Å². The highest BCUT2D eigenvalue weighted by atomic mass is 16.2. The third kappa shape index (κ3) is 3.96. The molecule has 4 heteroatoms. The topological polar surface area (TPSA) is 50.3 Å². The molecule has 0 atom stereocenters. The highest BCUT2D eigenvalue weighted by Gasteiger charge is 2.27. The van der Waals surface area contributed by atoms with Crippen LogP contribution in [0.4, 0.5) is 0 Å². The largest absolute Gasteiger partial charge is 0.339 e. The third-order valence-corrected chi connectivity index (χ3v) is 4.34. The maximum absolute atomic E-state index is 12.5. The molecule has 0 unspecified atom stereocenters. The smallest absolute Gasteiger partial charge is 0.246 e. The summed E-state index contributed by atoms with van der Waals surface area (Å²) in [6.45, 7) is 1.25. The van der Waals surface area contributed by atoms with Gasteiger partial charge >= 0.3 is 0 Å². The molecule has 122 valence electrons. The highest BCUT2D eigenvalue weighted by Crippen LogP contribution is 2.22. The van der Waals surface area contributed by atoms with Crippen molar-refractivity contribution in [2.75, 3.05) is 13.1 Å². The van der Waals surface area contributed by atoms with Crippen LogP contribution >= 0.6 is 0 Å². The van der Waals surface area contributed by atoms with E-state index in [1.165, 1.54) is 0 Å². The molecule has 0 bridgehead atoms. The van der Waals surface area contributed by atoms with Crippen LogP contribution in [0, 0.1) is 5.92 Å². The number of carbonyl (C=O) groups excluding carboxylic acids is 2. The molecule has 0 spiro atoms. The summed E-state index contributed by atoms with van der Waals surface area (Å²) in [5, 5.41) is 0. The first-order valence-electron chi connectivity index (χ1n) is 8.20. The Bertz CT molecular complexity index is 718. The number of benzene rings is 1. The Morgan fingerprint density at radius 3 is 2.46 bits per heavy atom. The monoisotopic (exact) mass is 320 g/mol. The number of piperidine rings is 1. The van der Waals surface area contributed by atoms with Gasteiger partial charge in [0.2, 0.25) is 5.91 Å². The molecule has 1 aliphatic rings. The predicted molar refractivity (Wildman–Crippen MR) is 93.3 cm³/mol. The Morgan fingerprint density at radius 2 is 1.79 bits per heavy atom. The van der Waals surface area contributed by atoms with Crippen molar-refractivity contribution in [2.24, 2.45) is 5.92 Å². The lowest BCUT2D eigenvalue weighted by atomic mass is 9.89. The fourth-order valence-electron chi connectivity index (χ4n) is 2.95. The summed E-state index contributed by atoms with van der Waals surface area (Å²) in [4.78, 5) is 30.5. The van der Waals surface area contributed by atoms with Crippen LogP contribution in [0.15, 0.2) is 60.9 Å². The summed E-state index contributed by atoms with van der Waals surface area (Å²) in [7, 11) is 0. The minimum Gasteiger partial charge on any atom is -0.339 e. The second-order valence-corrected chi connectivity index (χ2v) is 5.95. The number of aromatic nitrogens is 1. The predicted octanol–water partition coefficient (Wildman–Crippen LogP) is 3.22. The van der Waals surface area contributed by atoms with Gasteiger partial charge in [0.05, 0.1) is 0 Å². The molecular weight excluding hydrogens is 300 g/mol. The van der Waals surface area contributed by atoms with Crippen LogP contribution in [0.3, 0.4) is 0 Å². The van der Waals surface area contributed by atoms with Gasteiger partial charge < -0.3 is 4.90 Å². The fraction of sp³-hybridized carbons (Fsp3) is 0.250. The van der Waals surface area contributed by atoms with Crippen LogP contribution in [-0.4, -0.2) is 34.7 Å². The van der Waals surface area contributed by atoms with E-state index in [0.717, 1.165) is 24.0 Å². The minimum absolute atomic E-state index is 0.00976. The van der Waals surface area contributed by atoms with E-state index in [2.05, 4.69) is 4.98 Å². The van der Waals surface area contributed by atoms with Gasteiger partial charge in [-0.15, -0.1) is 0 Å². The first-order chi connectivity index (χ1) is 11.7. The van der Waals surface area contributed by atoms with E-state index >= 15 is 0 Å². The van der Waals surface area contributed by atoms with Crippen molar-refractivity contribution in [3.63, 3.8) is 0 Å². The lowest BCUT2D eigenvalue weighted by molar-refractivity contribution is -0.127. The number of nitrogens with zero attached hydrogens (tertiary/aromatic N) is 2.